The van der Waals surface area contributed by atoms with Crippen LogP contribution in [0.25, 0.3) is 0 Å². The summed E-state index contributed by atoms with van der Waals surface area (Å²) in [5.41, 5.74) is 0. The van der Waals surface area contributed by atoms with Gasteiger partial charge in [-0.1, -0.05) is 15.9 Å². The Morgan fingerprint density at radius 3 is 2.60 bits per heavy atom. The van der Waals surface area contributed by atoms with Crippen molar-refractivity contribution >= 4 is 22.2 Å². The van der Waals surface area contributed by atoms with E-state index in [1.165, 1.54) is 0 Å². The van der Waals surface area contributed by atoms with Crippen LogP contribution >= 0.6 is 15.9 Å². The predicted octanol–water partition coefficient (Wildman–Crippen LogP) is 1.38. The van der Waals surface area contributed by atoms with E-state index in [2.05, 4.69) is 15.9 Å². The van der Waals surface area contributed by atoms with E-state index in [4.69, 9.17) is 4.74 Å². The molecule has 1 heterocycles. The summed E-state index contributed by atoms with van der Waals surface area (Å²) in [5, 5.41) is 0. The smallest absolute Gasteiger partial charge is 0.133 e. The molecule has 1 aliphatic heterocycles. The van der Waals surface area contributed by atoms with E-state index in [1.807, 2.05) is 0 Å². The zero-order valence-electron chi connectivity index (χ0n) is 5.75. The van der Waals surface area contributed by atoms with Gasteiger partial charge in [-0.15, -0.1) is 0 Å². The topological polar surface area (TPSA) is 26.3 Å². The number of halogens is 1. The first kappa shape index (κ1) is 8.21. The normalized spacial score (nSPS) is 24.1. The first-order valence-corrected chi connectivity index (χ1v) is 4.43. The van der Waals surface area contributed by atoms with Gasteiger partial charge in [0.1, 0.15) is 6.29 Å². The van der Waals surface area contributed by atoms with Crippen LogP contribution < -0.4 is 0 Å². The lowest BCUT2D eigenvalue weighted by molar-refractivity contribution is -0.108. The van der Waals surface area contributed by atoms with Crippen molar-refractivity contribution in [3.05, 3.63) is 0 Å². The third kappa shape index (κ3) is 2.06. The molecule has 0 bridgehead atoms. The monoisotopic (exact) mass is 206 g/mol. The van der Waals surface area contributed by atoms with Crippen molar-refractivity contribution in [1.82, 2.24) is 0 Å². The lowest BCUT2D eigenvalue weighted by Crippen LogP contribution is -2.24. The van der Waals surface area contributed by atoms with Crippen molar-refractivity contribution in [3.63, 3.8) is 0 Å². The van der Waals surface area contributed by atoms with E-state index in [0.29, 0.717) is 5.92 Å². The molecule has 0 aromatic heterocycles. The van der Waals surface area contributed by atoms with Crippen LogP contribution in [-0.4, -0.2) is 24.3 Å². The molecule has 1 aliphatic rings. The summed E-state index contributed by atoms with van der Waals surface area (Å²) in [5.74, 6) is 0.492. The first-order valence-electron chi connectivity index (χ1n) is 3.51. The second-order valence-corrected chi connectivity index (χ2v) is 3.59. The molecule has 2 nitrogen and oxygen atoms in total. The molecule has 0 aromatic rings. The summed E-state index contributed by atoms with van der Waals surface area (Å²) in [6, 6.07) is 0. The fourth-order valence-corrected chi connectivity index (χ4v) is 1.67. The van der Waals surface area contributed by atoms with Gasteiger partial charge in [0, 0.05) is 13.2 Å². The van der Waals surface area contributed by atoms with Crippen molar-refractivity contribution in [2.75, 3.05) is 13.2 Å². The van der Waals surface area contributed by atoms with E-state index in [0.717, 1.165) is 32.3 Å². The Hall–Kier alpha value is 0.110. The maximum atomic E-state index is 10.3. The van der Waals surface area contributed by atoms with E-state index in [9.17, 15) is 4.79 Å². The van der Waals surface area contributed by atoms with Crippen LogP contribution in [-0.2, 0) is 9.53 Å². The molecule has 3 heteroatoms. The van der Waals surface area contributed by atoms with Crippen molar-refractivity contribution in [1.29, 1.82) is 0 Å². The fourth-order valence-electron chi connectivity index (χ4n) is 1.15. The second kappa shape index (κ2) is 4.09. The molecule has 1 rings (SSSR count). The Kier molecular flexibility index (Phi) is 3.35. The lowest BCUT2D eigenvalue weighted by Gasteiger charge is -2.22. The predicted molar refractivity (Wildman–Crippen MR) is 42.3 cm³/mol. The SMILES string of the molecule is O=CC(Br)C1CCOCC1. The highest BCUT2D eigenvalue weighted by Gasteiger charge is 2.20. The number of ether oxygens (including phenoxy) is 1. The van der Waals surface area contributed by atoms with Crippen molar-refractivity contribution in [3.8, 4) is 0 Å². The maximum absolute atomic E-state index is 10.3. The molecule has 0 aliphatic carbocycles. The van der Waals surface area contributed by atoms with Gasteiger partial charge in [0.05, 0.1) is 4.83 Å². The van der Waals surface area contributed by atoms with E-state index < -0.39 is 0 Å². The van der Waals surface area contributed by atoms with Gasteiger partial charge in [-0.05, 0) is 18.8 Å². The van der Waals surface area contributed by atoms with E-state index in [1.54, 1.807) is 0 Å². The van der Waals surface area contributed by atoms with Crippen molar-refractivity contribution < 1.29 is 9.53 Å². The quantitative estimate of drug-likeness (QED) is 0.505. The summed E-state index contributed by atoms with van der Waals surface area (Å²) >= 11 is 3.31. The Bertz CT molecular complexity index is 110. The number of rotatable bonds is 2. The fraction of sp³-hybridized carbons (Fsp3) is 0.857. The second-order valence-electron chi connectivity index (χ2n) is 2.53. The number of carbonyl (C=O) groups is 1. The van der Waals surface area contributed by atoms with Gasteiger partial charge < -0.3 is 9.53 Å². The highest BCUT2D eigenvalue weighted by molar-refractivity contribution is 9.09. The molecular weight excluding hydrogens is 196 g/mol. The zero-order valence-corrected chi connectivity index (χ0v) is 7.34. The number of hydrogen-bond donors (Lipinski definition) is 0. The molecule has 58 valence electrons. The number of hydrogen-bond acceptors (Lipinski definition) is 2. The maximum Gasteiger partial charge on any atom is 0.133 e. The molecule has 1 atom stereocenters. The number of alkyl halides is 1. The van der Waals surface area contributed by atoms with E-state index in [-0.39, 0.29) is 4.83 Å². The third-order valence-corrected chi connectivity index (χ3v) is 2.81. The van der Waals surface area contributed by atoms with Gasteiger partial charge in [0.25, 0.3) is 0 Å². The van der Waals surface area contributed by atoms with Gasteiger partial charge in [-0.3, -0.25) is 0 Å². The molecule has 0 radical (unpaired) electrons. The Labute approximate surface area is 69.1 Å². The highest BCUT2D eigenvalue weighted by atomic mass is 79.9. The highest BCUT2D eigenvalue weighted by Crippen LogP contribution is 2.22. The molecule has 0 N–H and O–H groups in total. The molecule has 0 saturated carbocycles. The van der Waals surface area contributed by atoms with Crippen LogP contribution in [0.1, 0.15) is 12.8 Å². The van der Waals surface area contributed by atoms with Crippen LogP contribution in [0.4, 0.5) is 0 Å². The zero-order chi connectivity index (χ0) is 7.40. The summed E-state index contributed by atoms with van der Waals surface area (Å²) < 4.78 is 5.16. The minimum absolute atomic E-state index is 0.0383. The minimum Gasteiger partial charge on any atom is -0.381 e. The number of carbonyl (C=O) groups excluding carboxylic acids is 1. The summed E-state index contributed by atoms with van der Waals surface area (Å²) in [7, 11) is 0. The standard InChI is InChI=1S/C7H11BrO2/c8-7(5-9)6-1-3-10-4-2-6/h5-7H,1-4H2. The summed E-state index contributed by atoms with van der Waals surface area (Å²) in [6.07, 6.45) is 2.99. The Morgan fingerprint density at radius 2 is 2.10 bits per heavy atom. The number of aldehydes is 1. The van der Waals surface area contributed by atoms with Crippen molar-refractivity contribution in [2.45, 2.75) is 17.7 Å². The van der Waals surface area contributed by atoms with Gasteiger partial charge in [-0.25, -0.2) is 0 Å². The molecule has 1 fully saturated rings. The average Bonchev–Trinajstić information content (AvgIpc) is 2.05. The minimum atomic E-state index is 0.0383. The van der Waals surface area contributed by atoms with Gasteiger partial charge in [0.2, 0.25) is 0 Å². The largest absolute Gasteiger partial charge is 0.381 e. The molecule has 0 aromatic carbocycles. The van der Waals surface area contributed by atoms with Crippen molar-refractivity contribution in [2.24, 2.45) is 5.92 Å². The third-order valence-electron chi connectivity index (χ3n) is 1.85. The Morgan fingerprint density at radius 1 is 1.50 bits per heavy atom. The molecule has 0 spiro atoms. The molecule has 10 heavy (non-hydrogen) atoms. The molecule has 1 unspecified atom stereocenters. The van der Waals surface area contributed by atoms with Gasteiger partial charge in [-0.2, -0.15) is 0 Å². The van der Waals surface area contributed by atoms with Crippen LogP contribution in [0.3, 0.4) is 0 Å². The van der Waals surface area contributed by atoms with Gasteiger partial charge in [0.15, 0.2) is 0 Å². The summed E-state index contributed by atoms with van der Waals surface area (Å²) in [4.78, 5) is 10.4. The first-order chi connectivity index (χ1) is 4.84. The van der Waals surface area contributed by atoms with Crippen LogP contribution in [0.5, 0.6) is 0 Å². The van der Waals surface area contributed by atoms with Crippen LogP contribution in [0, 0.1) is 5.92 Å². The lowest BCUT2D eigenvalue weighted by atomic mass is 9.97. The molecular formula is C7H11BrO2. The Balaban J connectivity index is 2.30. The van der Waals surface area contributed by atoms with E-state index >= 15 is 0 Å². The van der Waals surface area contributed by atoms with Crippen LogP contribution in [0.2, 0.25) is 0 Å². The average molecular weight is 207 g/mol. The van der Waals surface area contributed by atoms with Gasteiger partial charge >= 0.3 is 0 Å². The molecule has 0 amide bonds. The summed E-state index contributed by atoms with van der Waals surface area (Å²) in [6.45, 7) is 1.61. The molecule has 1 saturated heterocycles. The van der Waals surface area contributed by atoms with Crippen LogP contribution in [0.15, 0.2) is 0 Å².